The molecule has 5 atom stereocenters. The van der Waals surface area contributed by atoms with E-state index in [0.717, 1.165) is 19.3 Å². The number of fused-ring (bicyclic) bond motifs is 1. The van der Waals surface area contributed by atoms with E-state index in [1.165, 1.54) is 26.2 Å². The van der Waals surface area contributed by atoms with Gasteiger partial charge < -0.3 is 21.7 Å². The van der Waals surface area contributed by atoms with Crippen LogP contribution in [0.2, 0.25) is 0 Å². The molecule has 5 N–H and O–H groups in total. The van der Waals surface area contributed by atoms with E-state index in [9.17, 15) is 14.4 Å². The Labute approximate surface area is 171 Å². The molecule has 2 saturated heterocycles. The van der Waals surface area contributed by atoms with Crippen LogP contribution in [0.5, 0.6) is 0 Å². The van der Waals surface area contributed by atoms with Crippen molar-refractivity contribution < 1.29 is 14.4 Å². The molecule has 0 radical (unpaired) electrons. The molecule has 2 amide bonds. The largest absolute Gasteiger partial charge is 0.345 e. The van der Waals surface area contributed by atoms with Crippen molar-refractivity contribution in [1.29, 1.82) is 0 Å². The number of thioether (sulfide) groups is 1. The smallest absolute Gasteiger partial charge is 0.243 e. The normalized spacial score (nSPS) is 32.1. The second-order valence-corrected chi connectivity index (χ2v) is 9.78. The minimum absolute atomic E-state index is 0.0230. The van der Waals surface area contributed by atoms with E-state index in [0.29, 0.717) is 31.7 Å². The van der Waals surface area contributed by atoms with Gasteiger partial charge in [0.15, 0.2) is 5.78 Å². The van der Waals surface area contributed by atoms with Crippen LogP contribution in [0.15, 0.2) is 0 Å². The minimum atomic E-state index is -0.543. The molecule has 28 heavy (non-hydrogen) atoms. The first-order chi connectivity index (χ1) is 13.4. The van der Waals surface area contributed by atoms with E-state index >= 15 is 0 Å². The van der Waals surface area contributed by atoms with Crippen LogP contribution < -0.4 is 16.8 Å². The number of carbonyl (C=O) groups is 3. The molecule has 1 aliphatic carbocycles. The van der Waals surface area contributed by atoms with E-state index in [-0.39, 0.29) is 28.2 Å². The molecule has 1 saturated carbocycles. The highest BCUT2D eigenvalue weighted by Crippen LogP contribution is 2.45. The lowest BCUT2D eigenvalue weighted by Crippen LogP contribution is -2.61. The molecular weight excluding hydrogens is 376 g/mol. The maximum atomic E-state index is 13.1. The van der Waals surface area contributed by atoms with Crippen molar-refractivity contribution in [3.63, 3.8) is 0 Å². The van der Waals surface area contributed by atoms with Crippen molar-refractivity contribution in [2.45, 2.75) is 93.5 Å². The summed E-state index contributed by atoms with van der Waals surface area (Å²) >= 11 is 1.80. The van der Waals surface area contributed by atoms with Gasteiger partial charge in [-0.2, -0.15) is 0 Å². The number of ketones is 1. The SMILES string of the molecule is CC(=O)C(CCCN)NC(=O)C1CCC2SC(C3CCCCC3)C(N)C(=O)N21. The number of nitrogens with one attached hydrogen (secondary N) is 1. The first kappa shape index (κ1) is 21.6. The average Bonchev–Trinajstić information content (AvgIpc) is 3.12. The summed E-state index contributed by atoms with van der Waals surface area (Å²) in [6, 6.07) is -1.60. The third kappa shape index (κ3) is 4.54. The van der Waals surface area contributed by atoms with Crippen molar-refractivity contribution >= 4 is 29.4 Å². The number of nitrogens with two attached hydrogens (primary N) is 2. The number of Topliss-reactive ketones (excluding diaryl/α,β-unsaturated/α-hetero) is 1. The molecule has 3 rings (SSSR count). The van der Waals surface area contributed by atoms with E-state index in [4.69, 9.17) is 11.5 Å². The predicted octanol–water partition coefficient (Wildman–Crippen LogP) is 1.14. The van der Waals surface area contributed by atoms with E-state index in [2.05, 4.69) is 5.32 Å². The molecule has 5 unspecified atom stereocenters. The Bertz CT molecular complexity index is 596. The third-order valence-corrected chi connectivity index (χ3v) is 8.23. The van der Waals surface area contributed by atoms with E-state index < -0.39 is 18.1 Å². The fourth-order valence-electron chi connectivity index (χ4n) is 4.88. The fourth-order valence-corrected chi connectivity index (χ4v) is 6.68. The first-order valence-corrected chi connectivity index (χ1v) is 11.6. The van der Waals surface area contributed by atoms with Crippen molar-refractivity contribution in [2.24, 2.45) is 17.4 Å². The molecule has 0 aromatic rings. The number of carbonyl (C=O) groups excluding carboxylic acids is 3. The molecular formula is C20H34N4O3S. The molecule has 8 heteroatoms. The monoisotopic (exact) mass is 410 g/mol. The summed E-state index contributed by atoms with van der Waals surface area (Å²) in [5, 5.41) is 3.03. The van der Waals surface area contributed by atoms with Gasteiger partial charge in [-0.05, 0) is 57.9 Å². The summed E-state index contributed by atoms with van der Waals surface area (Å²) < 4.78 is 0. The van der Waals surface area contributed by atoms with Gasteiger partial charge in [0.1, 0.15) is 6.04 Å². The van der Waals surface area contributed by atoms with Crippen LogP contribution in [0.1, 0.15) is 64.7 Å². The summed E-state index contributed by atoms with van der Waals surface area (Å²) in [4.78, 5) is 39.5. The lowest BCUT2D eigenvalue weighted by atomic mass is 9.84. The Morgan fingerprint density at radius 2 is 1.93 bits per heavy atom. The number of hydrogen-bond donors (Lipinski definition) is 3. The Kier molecular flexibility index (Phi) is 7.39. The number of amides is 2. The van der Waals surface area contributed by atoms with Gasteiger partial charge in [0.2, 0.25) is 11.8 Å². The Morgan fingerprint density at radius 3 is 2.57 bits per heavy atom. The molecule has 3 fully saturated rings. The van der Waals surface area contributed by atoms with Crippen LogP contribution in [-0.4, -0.2) is 57.8 Å². The number of rotatable bonds is 7. The van der Waals surface area contributed by atoms with Crippen LogP contribution in [0.3, 0.4) is 0 Å². The summed E-state index contributed by atoms with van der Waals surface area (Å²) in [6.45, 7) is 1.95. The maximum Gasteiger partial charge on any atom is 0.243 e. The van der Waals surface area contributed by atoms with Crippen molar-refractivity contribution in [3.05, 3.63) is 0 Å². The van der Waals surface area contributed by atoms with Gasteiger partial charge in [0.25, 0.3) is 0 Å². The zero-order valence-corrected chi connectivity index (χ0v) is 17.6. The van der Waals surface area contributed by atoms with Gasteiger partial charge in [-0.1, -0.05) is 19.3 Å². The Morgan fingerprint density at radius 1 is 1.21 bits per heavy atom. The van der Waals surface area contributed by atoms with Gasteiger partial charge in [-0.3, -0.25) is 14.4 Å². The highest BCUT2D eigenvalue weighted by molar-refractivity contribution is 8.00. The molecule has 0 bridgehead atoms. The summed E-state index contributed by atoms with van der Waals surface area (Å²) in [5.74, 6) is 0.0890. The zero-order valence-electron chi connectivity index (χ0n) is 16.8. The molecule has 7 nitrogen and oxygen atoms in total. The van der Waals surface area contributed by atoms with Crippen molar-refractivity contribution in [2.75, 3.05) is 6.54 Å². The second-order valence-electron chi connectivity index (χ2n) is 8.42. The Hall–Kier alpha value is -1.12. The Balaban J connectivity index is 1.65. The van der Waals surface area contributed by atoms with Crippen LogP contribution in [0.25, 0.3) is 0 Å². The van der Waals surface area contributed by atoms with E-state index in [1.807, 2.05) is 0 Å². The van der Waals surface area contributed by atoms with Crippen LogP contribution in [-0.2, 0) is 14.4 Å². The van der Waals surface area contributed by atoms with Gasteiger partial charge in [0.05, 0.1) is 17.5 Å². The minimum Gasteiger partial charge on any atom is -0.345 e. The van der Waals surface area contributed by atoms with Gasteiger partial charge in [0, 0.05) is 5.25 Å². The quantitative estimate of drug-likeness (QED) is 0.579. The molecule has 0 aromatic carbocycles. The van der Waals surface area contributed by atoms with Gasteiger partial charge in [-0.15, -0.1) is 11.8 Å². The maximum absolute atomic E-state index is 13.1. The lowest BCUT2D eigenvalue weighted by Gasteiger charge is -2.44. The molecule has 0 spiro atoms. The molecule has 3 aliphatic rings. The van der Waals surface area contributed by atoms with Gasteiger partial charge >= 0.3 is 0 Å². The van der Waals surface area contributed by atoms with Gasteiger partial charge in [-0.25, -0.2) is 0 Å². The molecule has 2 aliphatic heterocycles. The van der Waals surface area contributed by atoms with Crippen molar-refractivity contribution in [1.82, 2.24) is 10.2 Å². The molecule has 158 valence electrons. The molecule has 0 aromatic heterocycles. The van der Waals surface area contributed by atoms with Crippen LogP contribution in [0, 0.1) is 5.92 Å². The summed E-state index contributed by atoms with van der Waals surface area (Å²) in [7, 11) is 0. The third-order valence-electron chi connectivity index (χ3n) is 6.46. The predicted molar refractivity (Wildman–Crippen MR) is 110 cm³/mol. The molecule has 2 heterocycles. The number of hydrogen-bond acceptors (Lipinski definition) is 6. The van der Waals surface area contributed by atoms with Crippen LogP contribution in [0.4, 0.5) is 0 Å². The summed E-state index contributed by atoms with van der Waals surface area (Å²) in [5.41, 5.74) is 11.9. The zero-order chi connectivity index (χ0) is 20.3. The second kappa shape index (κ2) is 9.59. The highest BCUT2D eigenvalue weighted by atomic mass is 32.2. The highest BCUT2D eigenvalue weighted by Gasteiger charge is 2.50. The topological polar surface area (TPSA) is 119 Å². The standard InChI is InChI=1S/C20H34N4O3S/c1-12(25)14(8-5-11-21)23-19(26)15-9-10-16-24(15)20(27)17(22)18(28-16)13-6-3-2-4-7-13/h13-18H,2-11,21-22H2,1H3,(H,23,26). The summed E-state index contributed by atoms with van der Waals surface area (Å²) in [6.07, 6.45) is 8.64. The van der Waals surface area contributed by atoms with Crippen molar-refractivity contribution in [3.8, 4) is 0 Å². The first-order valence-electron chi connectivity index (χ1n) is 10.7. The number of nitrogens with zero attached hydrogens (tertiary/aromatic N) is 1. The fraction of sp³-hybridized carbons (Fsp3) is 0.850. The average molecular weight is 411 g/mol. The van der Waals surface area contributed by atoms with E-state index in [1.54, 1.807) is 16.7 Å². The lowest BCUT2D eigenvalue weighted by molar-refractivity contribution is -0.141. The van der Waals surface area contributed by atoms with Crippen LogP contribution >= 0.6 is 11.8 Å².